The van der Waals surface area contributed by atoms with Crippen molar-refractivity contribution in [1.29, 1.82) is 0 Å². The van der Waals surface area contributed by atoms with Crippen LogP contribution in [0.2, 0.25) is 0 Å². The van der Waals surface area contributed by atoms with Crippen LogP contribution in [0.15, 0.2) is 5.38 Å². The molecule has 106 valence electrons. The molecular weight excluding hydrogens is 262 g/mol. The molecule has 1 atom stereocenters. The van der Waals surface area contributed by atoms with E-state index in [-0.39, 0.29) is 5.01 Å². The average molecular weight is 283 g/mol. The van der Waals surface area contributed by atoms with Crippen LogP contribution in [0.4, 0.5) is 0 Å². The Morgan fingerprint density at radius 3 is 2.95 bits per heavy atom. The van der Waals surface area contributed by atoms with Crippen LogP contribution in [0.3, 0.4) is 0 Å². The van der Waals surface area contributed by atoms with Crippen molar-refractivity contribution in [2.45, 2.75) is 26.3 Å². The van der Waals surface area contributed by atoms with E-state index in [1.807, 2.05) is 5.38 Å². The minimum atomic E-state index is -0.946. The first-order valence-corrected chi connectivity index (χ1v) is 7.64. The second-order valence-corrected chi connectivity index (χ2v) is 6.05. The fourth-order valence-electron chi connectivity index (χ4n) is 2.40. The van der Waals surface area contributed by atoms with E-state index < -0.39 is 5.97 Å². The van der Waals surface area contributed by atoms with Crippen molar-refractivity contribution in [2.24, 2.45) is 5.92 Å². The lowest BCUT2D eigenvalue weighted by Gasteiger charge is -2.20. The van der Waals surface area contributed by atoms with E-state index in [2.05, 4.69) is 22.1 Å². The Morgan fingerprint density at radius 2 is 2.32 bits per heavy atom. The van der Waals surface area contributed by atoms with Gasteiger partial charge in [-0.15, -0.1) is 11.3 Å². The summed E-state index contributed by atoms with van der Waals surface area (Å²) < 4.78 is 0. The predicted molar refractivity (Wildman–Crippen MR) is 75.6 cm³/mol. The van der Waals surface area contributed by atoms with Gasteiger partial charge in [-0.05, 0) is 38.4 Å². The Morgan fingerprint density at radius 1 is 1.58 bits per heavy atom. The summed E-state index contributed by atoms with van der Waals surface area (Å²) in [4.78, 5) is 17.3. The van der Waals surface area contributed by atoms with Crippen LogP contribution in [0, 0.1) is 5.92 Å². The van der Waals surface area contributed by atoms with Crippen LogP contribution in [0.1, 0.15) is 35.3 Å². The molecule has 0 bridgehead atoms. The van der Waals surface area contributed by atoms with Gasteiger partial charge in [0.1, 0.15) is 0 Å². The van der Waals surface area contributed by atoms with Crippen LogP contribution in [-0.2, 0) is 6.54 Å². The quantitative estimate of drug-likeness (QED) is 0.797. The van der Waals surface area contributed by atoms with E-state index in [0.717, 1.165) is 18.8 Å². The number of carbonyl (C=O) groups is 1. The molecule has 5 nitrogen and oxygen atoms in total. The largest absolute Gasteiger partial charge is 0.476 e. The first-order valence-electron chi connectivity index (χ1n) is 6.76. The number of likely N-dealkylation sites (tertiary alicyclic amines) is 1. The lowest BCUT2D eigenvalue weighted by molar-refractivity contribution is 0.0696. The molecule has 19 heavy (non-hydrogen) atoms. The van der Waals surface area contributed by atoms with E-state index in [0.29, 0.717) is 12.5 Å². The molecule has 2 rings (SSSR count). The summed E-state index contributed by atoms with van der Waals surface area (Å²) in [5.41, 5.74) is 0.816. The Hall–Kier alpha value is -0.980. The number of nitrogens with zero attached hydrogens (tertiary/aromatic N) is 2. The molecule has 1 fully saturated rings. The Bertz CT molecular complexity index is 416. The fourth-order valence-corrected chi connectivity index (χ4v) is 3.06. The number of hydrogen-bond acceptors (Lipinski definition) is 5. The lowest BCUT2D eigenvalue weighted by Crippen LogP contribution is -2.31. The average Bonchev–Trinajstić information content (AvgIpc) is 3.00. The standard InChI is InChI=1S/C13H21N3O2S/c1-10(8-16-4-2-3-5-16)6-14-7-11-9-19-12(15-11)13(17)18/h9-10,14H,2-8H2,1H3,(H,17,18). The van der Waals surface area contributed by atoms with Crippen molar-refractivity contribution in [2.75, 3.05) is 26.2 Å². The highest BCUT2D eigenvalue weighted by atomic mass is 32.1. The number of hydrogen-bond donors (Lipinski definition) is 2. The molecule has 0 amide bonds. The maximum atomic E-state index is 10.7. The summed E-state index contributed by atoms with van der Waals surface area (Å²) >= 11 is 1.18. The van der Waals surface area contributed by atoms with Gasteiger partial charge in [0.05, 0.1) is 5.69 Å². The van der Waals surface area contributed by atoms with Crippen molar-refractivity contribution in [3.8, 4) is 0 Å². The van der Waals surface area contributed by atoms with E-state index >= 15 is 0 Å². The second kappa shape index (κ2) is 6.98. The number of aromatic nitrogens is 1. The monoisotopic (exact) mass is 283 g/mol. The summed E-state index contributed by atoms with van der Waals surface area (Å²) in [7, 11) is 0. The van der Waals surface area contributed by atoms with Gasteiger partial charge in [0.25, 0.3) is 0 Å². The van der Waals surface area contributed by atoms with Crippen molar-refractivity contribution in [3.05, 3.63) is 16.1 Å². The SMILES string of the molecule is CC(CNCc1csc(C(=O)O)n1)CN1CCCC1. The van der Waals surface area contributed by atoms with E-state index in [1.165, 1.54) is 37.3 Å². The van der Waals surface area contributed by atoms with Crippen molar-refractivity contribution >= 4 is 17.3 Å². The maximum Gasteiger partial charge on any atom is 0.365 e. The summed E-state index contributed by atoms with van der Waals surface area (Å²) in [6, 6.07) is 0. The zero-order chi connectivity index (χ0) is 13.7. The lowest BCUT2D eigenvalue weighted by atomic mass is 10.1. The minimum Gasteiger partial charge on any atom is -0.476 e. The third-order valence-corrected chi connectivity index (χ3v) is 4.18. The number of nitrogens with one attached hydrogen (secondary N) is 1. The molecule has 2 heterocycles. The molecule has 0 aliphatic carbocycles. The third-order valence-electron chi connectivity index (χ3n) is 3.30. The number of rotatable bonds is 7. The van der Waals surface area contributed by atoms with Crippen LogP contribution >= 0.6 is 11.3 Å². The van der Waals surface area contributed by atoms with Gasteiger partial charge in [-0.2, -0.15) is 0 Å². The zero-order valence-corrected chi connectivity index (χ0v) is 12.1. The van der Waals surface area contributed by atoms with Crippen LogP contribution < -0.4 is 5.32 Å². The highest BCUT2D eigenvalue weighted by Gasteiger charge is 2.14. The number of thiazole rings is 1. The molecule has 1 aromatic rings. The van der Waals surface area contributed by atoms with Crippen molar-refractivity contribution in [3.63, 3.8) is 0 Å². The molecule has 6 heteroatoms. The summed E-state index contributed by atoms with van der Waals surface area (Å²) in [5, 5.41) is 14.1. The van der Waals surface area contributed by atoms with Crippen molar-refractivity contribution in [1.82, 2.24) is 15.2 Å². The maximum absolute atomic E-state index is 10.7. The van der Waals surface area contributed by atoms with E-state index in [9.17, 15) is 4.79 Å². The molecule has 1 aliphatic heterocycles. The second-order valence-electron chi connectivity index (χ2n) is 5.19. The van der Waals surface area contributed by atoms with Gasteiger partial charge in [-0.1, -0.05) is 6.92 Å². The van der Waals surface area contributed by atoms with Gasteiger partial charge in [0.2, 0.25) is 5.01 Å². The Labute approximate surface area is 117 Å². The predicted octanol–water partition coefficient (Wildman–Crippen LogP) is 1.66. The molecule has 0 aromatic carbocycles. The highest BCUT2D eigenvalue weighted by molar-refractivity contribution is 7.11. The van der Waals surface area contributed by atoms with Crippen LogP contribution in [0.25, 0.3) is 0 Å². The topological polar surface area (TPSA) is 65.5 Å². The molecular formula is C13H21N3O2S. The molecule has 1 aromatic heterocycles. The van der Waals surface area contributed by atoms with Gasteiger partial charge in [0.15, 0.2) is 0 Å². The van der Waals surface area contributed by atoms with E-state index in [1.54, 1.807) is 0 Å². The van der Waals surface area contributed by atoms with Crippen LogP contribution in [0.5, 0.6) is 0 Å². The first kappa shape index (κ1) is 14.4. The molecule has 1 saturated heterocycles. The van der Waals surface area contributed by atoms with Gasteiger partial charge in [-0.25, -0.2) is 9.78 Å². The van der Waals surface area contributed by atoms with Gasteiger partial charge in [0, 0.05) is 18.5 Å². The molecule has 1 aliphatic rings. The minimum absolute atomic E-state index is 0.168. The molecule has 0 spiro atoms. The molecule has 0 radical (unpaired) electrons. The summed E-state index contributed by atoms with van der Waals surface area (Å²) in [5.74, 6) is -0.339. The number of carboxylic acids is 1. The Kier molecular flexibility index (Phi) is 5.30. The first-order chi connectivity index (χ1) is 9.15. The normalized spacial score (nSPS) is 17.7. The van der Waals surface area contributed by atoms with Crippen molar-refractivity contribution < 1.29 is 9.90 Å². The van der Waals surface area contributed by atoms with E-state index in [4.69, 9.17) is 5.11 Å². The number of aromatic carboxylic acids is 1. The smallest absolute Gasteiger partial charge is 0.365 e. The molecule has 0 saturated carbocycles. The summed E-state index contributed by atoms with van der Waals surface area (Å²) in [6.07, 6.45) is 2.66. The third kappa shape index (κ3) is 4.56. The molecule has 2 N–H and O–H groups in total. The zero-order valence-electron chi connectivity index (χ0n) is 11.3. The van der Waals surface area contributed by atoms with Gasteiger partial charge >= 0.3 is 5.97 Å². The van der Waals surface area contributed by atoms with Gasteiger partial charge < -0.3 is 15.3 Å². The fraction of sp³-hybridized carbons (Fsp3) is 0.692. The van der Waals surface area contributed by atoms with Crippen LogP contribution in [-0.4, -0.2) is 47.1 Å². The molecule has 1 unspecified atom stereocenters. The highest BCUT2D eigenvalue weighted by Crippen LogP contribution is 2.11. The summed E-state index contributed by atoms with van der Waals surface area (Å²) in [6.45, 7) is 7.45. The Balaban J connectivity index is 1.65. The van der Waals surface area contributed by atoms with Gasteiger partial charge in [-0.3, -0.25) is 0 Å². The number of carboxylic acid groups (broad SMARTS) is 1.